The number of hydrogen-bond acceptors (Lipinski definition) is 6. The second-order valence-corrected chi connectivity index (χ2v) is 6.73. The molecule has 3 rings (SSSR count). The quantitative estimate of drug-likeness (QED) is 0.342. The average Bonchev–Trinajstić information content (AvgIpc) is 2.74. The molecule has 2 aromatic carbocycles. The van der Waals surface area contributed by atoms with Crippen LogP contribution in [0.4, 0.5) is 0 Å². The molecule has 9 nitrogen and oxygen atoms in total. The second-order valence-electron chi connectivity index (χ2n) is 6.73. The van der Waals surface area contributed by atoms with Crippen molar-refractivity contribution in [2.24, 2.45) is 11.5 Å². The van der Waals surface area contributed by atoms with E-state index in [2.05, 4.69) is 4.98 Å². The third-order valence-electron chi connectivity index (χ3n) is 4.25. The Morgan fingerprint density at radius 1 is 0.806 bits per heavy atom. The van der Waals surface area contributed by atoms with Crippen molar-refractivity contribution in [3.8, 4) is 23.3 Å². The van der Waals surface area contributed by atoms with Gasteiger partial charge in [-0.3, -0.25) is 15.6 Å². The lowest BCUT2D eigenvalue weighted by Gasteiger charge is -2.16. The number of carbonyl (C=O) groups excluding carboxylic acids is 1. The summed E-state index contributed by atoms with van der Waals surface area (Å²) in [5.74, 6) is 0.0876. The van der Waals surface area contributed by atoms with E-state index in [-0.39, 0.29) is 40.7 Å². The van der Waals surface area contributed by atoms with Crippen molar-refractivity contribution in [2.45, 2.75) is 0 Å². The number of aromatic nitrogens is 1. The summed E-state index contributed by atoms with van der Waals surface area (Å²) < 4.78 is 11.7. The number of nitrogen functional groups attached to an aromatic ring is 2. The highest BCUT2D eigenvalue weighted by atomic mass is 16.5. The zero-order chi connectivity index (χ0) is 22.5. The molecular formula is C22H22N6O3. The molecule has 0 aliphatic carbocycles. The highest BCUT2D eigenvalue weighted by molar-refractivity contribution is 5.99. The van der Waals surface area contributed by atoms with Crippen molar-refractivity contribution in [1.82, 2.24) is 9.88 Å². The Labute approximate surface area is 179 Å². The number of pyridine rings is 1. The number of rotatable bonds is 7. The van der Waals surface area contributed by atoms with Gasteiger partial charge in [0.25, 0.3) is 5.91 Å². The lowest BCUT2D eigenvalue weighted by Crippen LogP contribution is -2.22. The van der Waals surface area contributed by atoms with Crippen LogP contribution in [0.3, 0.4) is 0 Å². The third-order valence-corrected chi connectivity index (χ3v) is 4.25. The van der Waals surface area contributed by atoms with Crippen LogP contribution >= 0.6 is 0 Å². The van der Waals surface area contributed by atoms with Gasteiger partial charge < -0.3 is 25.8 Å². The molecule has 0 bridgehead atoms. The Kier molecular flexibility index (Phi) is 6.15. The van der Waals surface area contributed by atoms with Crippen molar-refractivity contribution in [3.63, 3.8) is 0 Å². The maximum Gasteiger partial charge on any atom is 0.258 e. The number of benzene rings is 2. The number of amides is 1. The molecule has 1 heterocycles. The first-order valence-corrected chi connectivity index (χ1v) is 9.23. The molecule has 0 saturated heterocycles. The molecule has 0 radical (unpaired) electrons. The van der Waals surface area contributed by atoms with Crippen molar-refractivity contribution in [3.05, 3.63) is 77.4 Å². The molecule has 3 aromatic rings. The Hall–Kier alpha value is -4.40. The first kappa shape index (κ1) is 21.3. The van der Waals surface area contributed by atoms with Crippen LogP contribution < -0.4 is 20.9 Å². The maximum atomic E-state index is 12.6. The number of hydrogen-bond donors (Lipinski definition) is 4. The summed E-state index contributed by atoms with van der Waals surface area (Å²) in [6.07, 6.45) is 0. The number of amidine groups is 2. The number of nitrogens with two attached hydrogens (primary N) is 2. The highest BCUT2D eigenvalue weighted by Crippen LogP contribution is 2.31. The molecular weight excluding hydrogens is 396 g/mol. The standard InChI is InChI=1S/C22H22N6O3/c1-28(2)22(29)15-11-12-18(30-16-9-5-3-7-13(16)19(23)24)27-21(15)31-17-10-6-4-8-14(17)20(25)26/h3-12H,1-2H3,(H3,23,24)(H3,25,26). The number of nitrogens with zero attached hydrogens (tertiary/aromatic N) is 2. The van der Waals surface area contributed by atoms with Crippen molar-refractivity contribution in [1.29, 1.82) is 10.8 Å². The molecule has 0 aliphatic rings. The van der Waals surface area contributed by atoms with E-state index < -0.39 is 0 Å². The van der Waals surface area contributed by atoms with Crippen LogP contribution in [-0.2, 0) is 0 Å². The number of carbonyl (C=O) groups is 1. The molecule has 31 heavy (non-hydrogen) atoms. The summed E-state index contributed by atoms with van der Waals surface area (Å²) in [6, 6.07) is 16.6. The van der Waals surface area contributed by atoms with Gasteiger partial charge in [-0.1, -0.05) is 24.3 Å². The Morgan fingerprint density at radius 3 is 1.84 bits per heavy atom. The summed E-state index contributed by atoms with van der Waals surface area (Å²) in [4.78, 5) is 18.4. The minimum atomic E-state index is -0.321. The molecule has 1 amide bonds. The van der Waals surface area contributed by atoms with Crippen molar-refractivity contribution in [2.75, 3.05) is 14.1 Å². The fourth-order valence-corrected chi connectivity index (χ4v) is 2.73. The Balaban J connectivity index is 2.05. The molecule has 0 spiro atoms. The van der Waals surface area contributed by atoms with Gasteiger partial charge in [-0.25, -0.2) is 0 Å². The number of ether oxygens (including phenoxy) is 2. The van der Waals surface area contributed by atoms with E-state index in [0.29, 0.717) is 16.9 Å². The van der Waals surface area contributed by atoms with Gasteiger partial charge in [0.05, 0.1) is 11.1 Å². The summed E-state index contributed by atoms with van der Waals surface area (Å²) in [6.45, 7) is 0. The Morgan fingerprint density at radius 2 is 1.32 bits per heavy atom. The molecule has 0 saturated carbocycles. The molecule has 0 aliphatic heterocycles. The van der Waals surface area contributed by atoms with Gasteiger partial charge in [0, 0.05) is 20.2 Å². The molecule has 1 aromatic heterocycles. The van der Waals surface area contributed by atoms with E-state index in [9.17, 15) is 4.79 Å². The minimum absolute atomic E-state index is 0.00907. The summed E-state index contributed by atoms with van der Waals surface area (Å²) >= 11 is 0. The van der Waals surface area contributed by atoms with E-state index >= 15 is 0 Å². The van der Waals surface area contributed by atoms with E-state index in [4.69, 9.17) is 31.8 Å². The first-order valence-electron chi connectivity index (χ1n) is 9.23. The van der Waals surface area contributed by atoms with Crippen LogP contribution in [-0.4, -0.2) is 41.6 Å². The lowest BCUT2D eigenvalue weighted by molar-refractivity contribution is 0.0824. The largest absolute Gasteiger partial charge is 0.438 e. The molecule has 158 valence electrons. The predicted molar refractivity (Wildman–Crippen MR) is 117 cm³/mol. The normalized spacial score (nSPS) is 10.3. The highest BCUT2D eigenvalue weighted by Gasteiger charge is 2.20. The van der Waals surface area contributed by atoms with Gasteiger partial charge in [-0.15, -0.1) is 0 Å². The summed E-state index contributed by atoms with van der Waals surface area (Å²) in [5.41, 5.74) is 12.2. The monoisotopic (exact) mass is 418 g/mol. The predicted octanol–water partition coefficient (Wildman–Crippen LogP) is 2.94. The van der Waals surface area contributed by atoms with Gasteiger partial charge in [0.15, 0.2) is 0 Å². The number of para-hydroxylation sites is 2. The van der Waals surface area contributed by atoms with Crippen LogP contribution in [0.15, 0.2) is 60.7 Å². The van der Waals surface area contributed by atoms with E-state index in [0.717, 1.165) is 0 Å². The van der Waals surface area contributed by atoms with Crippen LogP contribution in [0.2, 0.25) is 0 Å². The molecule has 6 N–H and O–H groups in total. The Bertz CT molecular complexity index is 1160. The van der Waals surface area contributed by atoms with E-state index in [1.54, 1.807) is 62.6 Å². The fourth-order valence-electron chi connectivity index (χ4n) is 2.73. The van der Waals surface area contributed by atoms with Crippen LogP contribution in [0.1, 0.15) is 21.5 Å². The van der Waals surface area contributed by atoms with E-state index in [1.807, 2.05) is 0 Å². The minimum Gasteiger partial charge on any atom is -0.438 e. The topological polar surface area (TPSA) is 151 Å². The van der Waals surface area contributed by atoms with Crippen LogP contribution in [0, 0.1) is 10.8 Å². The van der Waals surface area contributed by atoms with Crippen molar-refractivity contribution < 1.29 is 14.3 Å². The maximum absolute atomic E-state index is 12.6. The lowest BCUT2D eigenvalue weighted by atomic mass is 10.2. The van der Waals surface area contributed by atoms with Gasteiger partial charge in [-0.2, -0.15) is 4.98 Å². The molecule has 0 unspecified atom stereocenters. The summed E-state index contributed by atoms with van der Waals surface area (Å²) in [5, 5.41) is 15.5. The molecule has 0 atom stereocenters. The fraction of sp³-hybridized carbons (Fsp3) is 0.0909. The van der Waals surface area contributed by atoms with Crippen LogP contribution in [0.25, 0.3) is 0 Å². The van der Waals surface area contributed by atoms with Gasteiger partial charge in [-0.05, 0) is 30.3 Å². The van der Waals surface area contributed by atoms with Gasteiger partial charge in [0.1, 0.15) is 28.7 Å². The average molecular weight is 418 g/mol. The van der Waals surface area contributed by atoms with Crippen LogP contribution in [0.5, 0.6) is 23.3 Å². The van der Waals surface area contributed by atoms with Gasteiger partial charge >= 0.3 is 0 Å². The zero-order valence-corrected chi connectivity index (χ0v) is 17.0. The third kappa shape index (κ3) is 4.78. The van der Waals surface area contributed by atoms with E-state index in [1.165, 1.54) is 17.0 Å². The van der Waals surface area contributed by atoms with Crippen molar-refractivity contribution >= 4 is 17.6 Å². The molecule has 0 fully saturated rings. The zero-order valence-electron chi connectivity index (χ0n) is 17.0. The van der Waals surface area contributed by atoms with Gasteiger partial charge in [0.2, 0.25) is 11.8 Å². The first-order chi connectivity index (χ1) is 14.8. The number of nitrogens with one attached hydrogen (secondary N) is 2. The summed E-state index contributed by atoms with van der Waals surface area (Å²) in [7, 11) is 3.23. The smallest absolute Gasteiger partial charge is 0.258 e. The molecule has 9 heteroatoms. The SMILES string of the molecule is CN(C)C(=O)c1ccc(Oc2ccccc2C(=N)N)nc1Oc1ccccc1C(=N)N. The second kappa shape index (κ2) is 8.95.